The molecule has 1 unspecified atom stereocenters. The van der Waals surface area contributed by atoms with Crippen molar-refractivity contribution < 1.29 is 4.79 Å². The number of hydrogen-bond acceptors (Lipinski definition) is 3. The summed E-state index contributed by atoms with van der Waals surface area (Å²) in [6, 6.07) is 15.9. The third-order valence-corrected chi connectivity index (χ3v) is 5.15. The van der Waals surface area contributed by atoms with E-state index in [1.807, 2.05) is 49.4 Å². The topological polar surface area (TPSA) is 68.8 Å². The molecule has 8 heteroatoms. The van der Waals surface area contributed by atoms with E-state index in [2.05, 4.69) is 31.9 Å². The van der Waals surface area contributed by atoms with E-state index < -0.39 is 0 Å². The number of carbonyl (C=O) groups is 1. The molecule has 0 radical (unpaired) electrons. The van der Waals surface area contributed by atoms with Crippen LogP contribution in [-0.2, 0) is 6.54 Å². The Hall–Kier alpha value is -2.00. The second kappa shape index (κ2) is 12.0. The summed E-state index contributed by atoms with van der Waals surface area (Å²) in [7, 11) is 1.77. The fraction of sp³-hybridized carbons (Fsp3) is 0.364. The summed E-state index contributed by atoms with van der Waals surface area (Å²) in [6.07, 6.45) is 1.03. The fourth-order valence-electron chi connectivity index (χ4n) is 3.44. The number of guanidine groups is 1. The van der Waals surface area contributed by atoms with Gasteiger partial charge in [-0.25, -0.2) is 0 Å². The molecule has 0 saturated carbocycles. The van der Waals surface area contributed by atoms with Gasteiger partial charge in [0.1, 0.15) is 0 Å². The molecule has 6 nitrogen and oxygen atoms in total. The highest BCUT2D eigenvalue weighted by molar-refractivity contribution is 14.0. The van der Waals surface area contributed by atoms with Gasteiger partial charge in [0.25, 0.3) is 5.91 Å². The number of hydrogen-bond donors (Lipinski definition) is 3. The first kappa shape index (κ1) is 24.3. The van der Waals surface area contributed by atoms with Crippen LogP contribution in [0.1, 0.15) is 29.3 Å². The first-order valence-corrected chi connectivity index (χ1v) is 10.3. The Morgan fingerprint density at radius 3 is 2.73 bits per heavy atom. The van der Waals surface area contributed by atoms with Crippen molar-refractivity contribution in [3.8, 4) is 0 Å². The molecule has 1 amide bonds. The number of rotatable bonds is 6. The van der Waals surface area contributed by atoms with Crippen LogP contribution in [0.5, 0.6) is 0 Å². The third-order valence-electron chi connectivity index (χ3n) is 4.91. The fourth-order valence-corrected chi connectivity index (χ4v) is 3.63. The van der Waals surface area contributed by atoms with Crippen LogP contribution in [0.3, 0.4) is 0 Å². The second-order valence-corrected chi connectivity index (χ2v) is 7.48. The molecule has 1 heterocycles. The highest BCUT2D eigenvalue weighted by atomic mass is 127. The molecule has 0 bridgehead atoms. The van der Waals surface area contributed by atoms with E-state index in [1.165, 1.54) is 0 Å². The number of benzene rings is 2. The van der Waals surface area contributed by atoms with Crippen molar-refractivity contribution in [3.05, 3.63) is 64.7 Å². The zero-order valence-electron chi connectivity index (χ0n) is 17.3. The van der Waals surface area contributed by atoms with Gasteiger partial charge < -0.3 is 20.9 Å². The molecular weight excluding hydrogens is 513 g/mol. The lowest BCUT2D eigenvalue weighted by Crippen LogP contribution is -2.44. The van der Waals surface area contributed by atoms with Gasteiger partial charge in [0, 0.05) is 55.5 Å². The van der Waals surface area contributed by atoms with Crippen molar-refractivity contribution in [2.75, 3.05) is 31.6 Å². The van der Waals surface area contributed by atoms with Crippen molar-refractivity contribution in [3.63, 3.8) is 0 Å². The number of aliphatic imine (C=N–C) groups is 1. The molecule has 1 saturated heterocycles. The lowest BCUT2D eigenvalue weighted by molar-refractivity contribution is 0.0955. The predicted octanol–water partition coefficient (Wildman–Crippen LogP) is 3.65. The van der Waals surface area contributed by atoms with Crippen molar-refractivity contribution in [2.24, 2.45) is 4.99 Å². The lowest BCUT2D eigenvalue weighted by atomic mass is 10.1. The Balaban J connectivity index is 0.00000320. The molecule has 0 aromatic heterocycles. The van der Waals surface area contributed by atoms with Crippen LogP contribution in [0, 0.1) is 0 Å². The van der Waals surface area contributed by atoms with Crippen molar-refractivity contribution >= 4 is 53.1 Å². The van der Waals surface area contributed by atoms with E-state index in [4.69, 9.17) is 11.6 Å². The van der Waals surface area contributed by atoms with Gasteiger partial charge in [-0.05, 0) is 49.2 Å². The Bertz CT molecular complexity index is 876. The molecule has 0 spiro atoms. The molecule has 1 aliphatic rings. The highest BCUT2D eigenvalue weighted by Crippen LogP contribution is 2.23. The summed E-state index contributed by atoms with van der Waals surface area (Å²) >= 11 is 6.12. The largest absolute Gasteiger partial charge is 0.369 e. The smallest absolute Gasteiger partial charge is 0.251 e. The standard InChI is InChI=1S/C22H28ClN5O.HI/c1-3-25-21(29)17-7-4-6-16(12-17)14-26-22(24-2)27-19-10-11-28(15-19)20-9-5-8-18(23)13-20;/h4-9,12-13,19H,3,10-11,14-15H2,1-2H3,(H,25,29)(H2,24,26,27);1H. The van der Waals surface area contributed by atoms with Gasteiger partial charge >= 0.3 is 0 Å². The van der Waals surface area contributed by atoms with Crippen LogP contribution < -0.4 is 20.9 Å². The van der Waals surface area contributed by atoms with E-state index in [9.17, 15) is 4.79 Å². The number of anilines is 1. The van der Waals surface area contributed by atoms with Crippen LogP contribution in [0.25, 0.3) is 0 Å². The van der Waals surface area contributed by atoms with Crippen molar-refractivity contribution in [1.82, 2.24) is 16.0 Å². The van der Waals surface area contributed by atoms with Crippen molar-refractivity contribution in [1.29, 1.82) is 0 Å². The summed E-state index contributed by atoms with van der Waals surface area (Å²) < 4.78 is 0. The number of halogens is 2. The molecule has 1 fully saturated rings. The molecule has 30 heavy (non-hydrogen) atoms. The SMILES string of the molecule is CCNC(=O)c1cccc(CNC(=NC)NC2CCN(c3cccc(Cl)c3)C2)c1.I. The monoisotopic (exact) mass is 541 g/mol. The first-order chi connectivity index (χ1) is 14.1. The van der Waals surface area contributed by atoms with Crippen LogP contribution >= 0.6 is 35.6 Å². The van der Waals surface area contributed by atoms with E-state index in [0.717, 1.165) is 41.7 Å². The predicted molar refractivity (Wildman–Crippen MR) is 135 cm³/mol. The van der Waals surface area contributed by atoms with E-state index in [-0.39, 0.29) is 29.9 Å². The zero-order valence-corrected chi connectivity index (χ0v) is 20.4. The van der Waals surface area contributed by atoms with Crippen LogP contribution in [0.4, 0.5) is 5.69 Å². The highest BCUT2D eigenvalue weighted by Gasteiger charge is 2.23. The van der Waals surface area contributed by atoms with E-state index in [0.29, 0.717) is 24.7 Å². The van der Waals surface area contributed by atoms with Gasteiger partial charge in [-0.15, -0.1) is 24.0 Å². The first-order valence-electron chi connectivity index (χ1n) is 9.94. The Morgan fingerprint density at radius 2 is 2.00 bits per heavy atom. The number of nitrogens with one attached hydrogen (secondary N) is 3. The van der Waals surface area contributed by atoms with Gasteiger partial charge in [-0.2, -0.15) is 0 Å². The molecule has 3 N–H and O–H groups in total. The Labute approximate surface area is 200 Å². The second-order valence-electron chi connectivity index (χ2n) is 7.04. The van der Waals surface area contributed by atoms with Crippen molar-refractivity contribution in [2.45, 2.75) is 25.9 Å². The van der Waals surface area contributed by atoms with E-state index in [1.54, 1.807) is 7.05 Å². The molecule has 2 aromatic carbocycles. The average molecular weight is 542 g/mol. The van der Waals surface area contributed by atoms with E-state index >= 15 is 0 Å². The zero-order chi connectivity index (χ0) is 20.6. The summed E-state index contributed by atoms with van der Waals surface area (Å²) in [4.78, 5) is 18.7. The number of nitrogens with zero attached hydrogens (tertiary/aromatic N) is 2. The minimum atomic E-state index is -0.0519. The summed E-state index contributed by atoms with van der Waals surface area (Å²) in [5, 5.41) is 10.4. The van der Waals surface area contributed by atoms with Gasteiger partial charge in [0.15, 0.2) is 5.96 Å². The Morgan fingerprint density at radius 1 is 1.20 bits per heavy atom. The molecule has 3 rings (SSSR count). The molecule has 2 aromatic rings. The lowest BCUT2D eigenvalue weighted by Gasteiger charge is -2.20. The summed E-state index contributed by atoms with van der Waals surface area (Å²) in [6.45, 7) is 5.00. The van der Waals surface area contributed by atoms with Gasteiger partial charge in [0.2, 0.25) is 0 Å². The van der Waals surface area contributed by atoms with Crippen LogP contribution in [-0.4, -0.2) is 44.6 Å². The molecule has 0 aliphatic carbocycles. The van der Waals surface area contributed by atoms with Gasteiger partial charge in [0.05, 0.1) is 0 Å². The third kappa shape index (κ3) is 6.77. The Kier molecular flexibility index (Phi) is 9.71. The normalized spacial score (nSPS) is 16.0. The van der Waals surface area contributed by atoms with Gasteiger partial charge in [-0.1, -0.05) is 29.8 Å². The quantitative estimate of drug-likeness (QED) is 0.297. The average Bonchev–Trinajstić information content (AvgIpc) is 3.20. The minimum absolute atomic E-state index is 0. The van der Waals surface area contributed by atoms with Crippen LogP contribution in [0.15, 0.2) is 53.5 Å². The molecule has 1 aliphatic heterocycles. The maximum absolute atomic E-state index is 12.0. The van der Waals surface area contributed by atoms with Gasteiger partial charge in [-0.3, -0.25) is 9.79 Å². The summed E-state index contributed by atoms with van der Waals surface area (Å²) in [5.41, 5.74) is 2.85. The molecular formula is C22H29ClIN5O. The maximum atomic E-state index is 12.0. The molecule has 1 atom stereocenters. The summed E-state index contributed by atoms with van der Waals surface area (Å²) in [5.74, 6) is 0.704. The number of carbonyl (C=O) groups excluding carboxylic acids is 1. The number of amides is 1. The van der Waals surface area contributed by atoms with Crippen LogP contribution in [0.2, 0.25) is 5.02 Å². The maximum Gasteiger partial charge on any atom is 0.251 e. The minimum Gasteiger partial charge on any atom is -0.369 e. The molecule has 162 valence electrons.